The second kappa shape index (κ2) is 15.7. The van der Waals surface area contributed by atoms with E-state index in [1.54, 1.807) is 6.08 Å². The Morgan fingerprint density at radius 3 is 2.10 bits per heavy atom. The molecule has 0 spiro atoms. The molecule has 0 saturated heterocycles. The van der Waals surface area contributed by atoms with E-state index >= 15 is 0 Å². The van der Waals surface area contributed by atoms with Crippen molar-refractivity contribution in [2.24, 2.45) is 0 Å². The van der Waals surface area contributed by atoms with Gasteiger partial charge in [-0.15, -0.1) is 0 Å². The maximum Gasteiger partial charge on any atom is 0.302 e. The first-order valence-electron chi connectivity index (χ1n) is 7.85. The smallest absolute Gasteiger partial charge is 0.302 e. The molecular weight excluding hydrogens is 248 g/mol. The van der Waals surface area contributed by atoms with Crippen LogP contribution >= 0.6 is 0 Å². The Bertz CT molecular complexity index is 290. The molecule has 0 heterocycles. The van der Waals surface area contributed by atoms with E-state index in [0.717, 1.165) is 6.42 Å². The number of unbranched alkanes of at least 4 members (excludes halogenated alkanes) is 8. The van der Waals surface area contributed by atoms with Crippen molar-refractivity contribution in [2.45, 2.75) is 64.7 Å². The van der Waals surface area contributed by atoms with Crippen molar-refractivity contribution >= 4 is 5.97 Å². The number of carbonyl (C=O) groups excluding carboxylic acids is 1. The van der Waals surface area contributed by atoms with Crippen LogP contribution < -0.4 is 0 Å². The number of esters is 1. The molecule has 0 aliphatic rings. The van der Waals surface area contributed by atoms with Crippen LogP contribution in [0.15, 0.2) is 37.0 Å². The first-order chi connectivity index (χ1) is 9.77. The van der Waals surface area contributed by atoms with Gasteiger partial charge in [0.25, 0.3) is 0 Å². The maximum absolute atomic E-state index is 10.5. The first-order valence-corrected chi connectivity index (χ1v) is 7.85. The summed E-state index contributed by atoms with van der Waals surface area (Å²) in [5, 5.41) is 0. The molecule has 0 atom stereocenters. The van der Waals surface area contributed by atoms with E-state index in [0.29, 0.717) is 6.61 Å². The molecule has 114 valence electrons. The van der Waals surface area contributed by atoms with Gasteiger partial charge in [-0.3, -0.25) is 4.79 Å². The molecule has 0 aromatic carbocycles. The highest BCUT2D eigenvalue weighted by atomic mass is 16.5. The number of carbonyl (C=O) groups is 1. The fourth-order valence-corrected chi connectivity index (χ4v) is 1.96. The molecule has 0 aliphatic heterocycles. The van der Waals surface area contributed by atoms with E-state index in [1.807, 2.05) is 12.2 Å². The summed E-state index contributed by atoms with van der Waals surface area (Å²) in [5.41, 5.74) is 0. The second-order valence-electron chi connectivity index (χ2n) is 5.01. The predicted octanol–water partition coefficient (Wildman–Crippen LogP) is 5.36. The Balaban J connectivity index is 3.09. The molecule has 0 unspecified atom stereocenters. The molecule has 0 fully saturated rings. The Labute approximate surface area is 124 Å². The van der Waals surface area contributed by atoms with Crippen LogP contribution in [0.3, 0.4) is 0 Å². The Hall–Kier alpha value is -1.31. The number of allylic oxidation sites excluding steroid dienone is 5. The minimum absolute atomic E-state index is 0.168. The number of ether oxygens (including phenoxy) is 1. The normalized spacial score (nSPS) is 11.2. The minimum Gasteiger partial charge on any atom is -0.466 e. The van der Waals surface area contributed by atoms with Gasteiger partial charge in [0.15, 0.2) is 0 Å². The molecule has 2 nitrogen and oxygen atoms in total. The molecule has 0 aliphatic carbocycles. The van der Waals surface area contributed by atoms with Crippen LogP contribution in [0.4, 0.5) is 0 Å². The van der Waals surface area contributed by atoms with Crippen molar-refractivity contribution in [1.29, 1.82) is 0 Å². The zero-order valence-electron chi connectivity index (χ0n) is 13.0. The summed E-state index contributed by atoms with van der Waals surface area (Å²) in [5.74, 6) is -0.168. The van der Waals surface area contributed by atoms with E-state index in [4.69, 9.17) is 4.74 Å². The largest absolute Gasteiger partial charge is 0.466 e. The van der Waals surface area contributed by atoms with Gasteiger partial charge in [0, 0.05) is 6.92 Å². The van der Waals surface area contributed by atoms with Crippen LogP contribution in [0.25, 0.3) is 0 Å². The van der Waals surface area contributed by atoms with E-state index in [-0.39, 0.29) is 5.97 Å². The van der Waals surface area contributed by atoms with Crippen molar-refractivity contribution < 1.29 is 9.53 Å². The fraction of sp³-hybridized carbons (Fsp3) is 0.611. The van der Waals surface area contributed by atoms with Crippen LogP contribution in [0.2, 0.25) is 0 Å². The lowest BCUT2D eigenvalue weighted by Crippen LogP contribution is -2.00. The first kappa shape index (κ1) is 18.7. The summed E-state index contributed by atoms with van der Waals surface area (Å²) in [6.07, 6.45) is 21.2. The molecule has 0 radical (unpaired) electrons. The highest BCUT2D eigenvalue weighted by Crippen LogP contribution is 2.10. The molecular formula is C18H30O2. The van der Waals surface area contributed by atoms with Crippen LogP contribution in [0.5, 0.6) is 0 Å². The lowest BCUT2D eigenvalue weighted by atomic mass is 10.1. The third kappa shape index (κ3) is 16.7. The van der Waals surface area contributed by atoms with Gasteiger partial charge in [0.1, 0.15) is 0 Å². The van der Waals surface area contributed by atoms with E-state index in [2.05, 4.69) is 18.7 Å². The van der Waals surface area contributed by atoms with Crippen molar-refractivity contribution in [3.8, 4) is 0 Å². The molecule has 0 bridgehead atoms. The molecule has 0 aromatic heterocycles. The van der Waals surface area contributed by atoms with E-state index in [9.17, 15) is 4.79 Å². The van der Waals surface area contributed by atoms with Crippen molar-refractivity contribution in [2.75, 3.05) is 6.61 Å². The lowest BCUT2D eigenvalue weighted by molar-refractivity contribution is -0.141. The summed E-state index contributed by atoms with van der Waals surface area (Å²) >= 11 is 0. The van der Waals surface area contributed by atoms with Gasteiger partial charge in [0.2, 0.25) is 0 Å². The van der Waals surface area contributed by atoms with Crippen molar-refractivity contribution in [3.05, 3.63) is 37.0 Å². The molecule has 0 amide bonds. The lowest BCUT2D eigenvalue weighted by Gasteiger charge is -2.02. The number of hydrogen-bond acceptors (Lipinski definition) is 2. The quantitative estimate of drug-likeness (QED) is 0.257. The van der Waals surface area contributed by atoms with Gasteiger partial charge in [-0.1, -0.05) is 75.5 Å². The van der Waals surface area contributed by atoms with Gasteiger partial charge in [-0.05, 0) is 19.3 Å². The molecule has 0 saturated carbocycles. The third-order valence-electron chi connectivity index (χ3n) is 3.06. The maximum atomic E-state index is 10.5. The highest BCUT2D eigenvalue weighted by Gasteiger charge is 1.94. The van der Waals surface area contributed by atoms with Crippen LogP contribution in [0, 0.1) is 0 Å². The average Bonchev–Trinajstić information content (AvgIpc) is 2.43. The fourth-order valence-electron chi connectivity index (χ4n) is 1.96. The Morgan fingerprint density at radius 2 is 1.50 bits per heavy atom. The third-order valence-corrected chi connectivity index (χ3v) is 3.06. The Kier molecular flexibility index (Phi) is 14.7. The van der Waals surface area contributed by atoms with Crippen molar-refractivity contribution in [1.82, 2.24) is 0 Å². The minimum atomic E-state index is -0.168. The highest BCUT2D eigenvalue weighted by molar-refractivity contribution is 5.65. The van der Waals surface area contributed by atoms with Gasteiger partial charge < -0.3 is 4.74 Å². The second-order valence-corrected chi connectivity index (χ2v) is 5.01. The van der Waals surface area contributed by atoms with Gasteiger partial charge >= 0.3 is 5.97 Å². The topological polar surface area (TPSA) is 26.3 Å². The summed E-state index contributed by atoms with van der Waals surface area (Å²) in [4.78, 5) is 10.5. The SMILES string of the molecule is C=C/C=C/C=C\CCCCCCCCCCOC(C)=O. The molecule has 0 N–H and O–H groups in total. The van der Waals surface area contributed by atoms with Crippen LogP contribution in [-0.2, 0) is 9.53 Å². The van der Waals surface area contributed by atoms with E-state index in [1.165, 1.54) is 58.3 Å². The number of rotatable bonds is 13. The molecule has 0 rings (SSSR count). The van der Waals surface area contributed by atoms with E-state index < -0.39 is 0 Å². The monoisotopic (exact) mass is 278 g/mol. The molecule has 20 heavy (non-hydrogen) atoms. The summed E-state index contributed by atoms with van der Waals surface area (Å²) in [6, 6.07) is 0. The molecule has 0 aromatic rings. The Morgan fingerprint density at radius 1 is 0.900 bits per heavy atom. The van der Waals surface area contributed by atoms with Gasteiger partial charge in [-0.2, -0.15) is 0 Å². The zero-order valence-corrected chi connectivity index (χ0v) is 13.0. The molecule has 2 heteroatoms. The zero-order chi connectivity index (χ0) is 14.9. The van der Waals surface area contributed by atoms with Crippen molar-refractivity contribution in [3.63, 3.8) is 0 Å². The number of hydrogen-bond donors (Lipinski definition) is 0. The summed E-state index contributed by atoms with van der Waals surface area (Å²) in [6.45, 7) is 5.67. The van der Waals surface area contributed by atoms with Crippen LogP contribution in [0.1, 0.15) is 64.7 Å². The summed E-state index contributed by atoms with van der Waals surface area (Å²) < 4.78 is 4.89. The van der Waals surface area contributed by atoms with Crippen LogP contribution in [-0.4, -0.2) is 12.6 Å². The standard InChI is InChI=1S/C18H30O2/c1-3-4-5-6-7-8-9-10-11-12-13-14-15-16-17-20-18(2)19/h3-7H,1,8-17H2,2H3/b5-4+,7-6-. The summed E-state index contributed by atoms with van der Waals surface area (Å²) in [7, 11) is 0. The van der Waals surface area contributed by atoms with Gasteiger partial charge in [0.05, 0.1) is 6.61 Å². The average molecular weight is 278 g/mol. The van der Waals surface area contributed by atoms with Gasteiger partial charge in [-0.25, -0.2) is 0 Å². The predicted molar refractivity (Wildman–Crippen MR) is 86.7 cm³/mol.